The van der Waals surface area contributed by atoms with E-state index in [1.165, 1.54) is 58.4 Å². The molecule has 1 N–H and O–H groups in total. The van der Waals surface area contributed by atoms with Crippen LogP contribution in [0.3, 0.4) is 0 Å². The van der Waals surface area contributed by atoms with E-state index < -0.39 is 18.2 Å². The maximum absolute atomic E-state index is 13.9. The maximum Gasteiger partial charge on any atom is 0.573 e. The number of benzene rings is 3. The van der Waals surface area contributed by atoms with Gasteiger partial charge in [0, 0.05) is 11.3 Å². The summed E-state index contributed by atoms with van der Waals surface area (Å²) < 4.78 is 56.4. The van der Waals surface area contributed by atoms with Crippen LogP contribution < -0.4 is 15.0 Å². The first-order chi connectivity index (χ1) is 21.4. The fraction of sp³-hybridized carbons (Fsp3) is 0.194. The van der Waals surface area contributed by atoms with Gasteiger partial charge in [-0.3, -0.25) is 9.69 Å². The van der Waals surface area contributed by atoms with E-state index in [1.54, 1.807) is 37.3 Å². The number of carbonyl (C=O) groups is 2. The second-order valence-corrected chi connectivity index (χ2v) is 11.1. The number of ether oxygens (including phenoxy) is 1. The molecule has 1 saturated heterocycles. The lowest BCUT2D eigenvalue weighted by molar-refractivity contribution is -0.274. The van der Waals surface area contributed by atoms with E-state index in [4.69, 9.17) is 0 Å². The SMILES string of the molecule is C/C(=C\c1ccc(-c2ncn(-c3ccc(OC(F)(F)F)cc3)n2)cc1)NC(=O)/N=C1\SCC(=O)N1c1ccc(F)cc1C(C)C. The Morgan fingerprint density at radius 1 is 1.09 bits per heavy atom. The Labute approximate surface area is 259 Å². The van der Waals surface area contributed by atoms with Crippen molar-refractivity contribution < 1.29 is 31.9 Å². The number of nitrogens with one attached hydrogen (secondary N) is 1. The minimum absolute atomic E-state index is 0.0604. The first-order valence-corrected chi connectivity index (χ1v) is 14.6. The number of halogens is 4. The van der Waals surface area contributed by atoms with E-state index in [9.17, 15) is 27.2 Å². The van der Waals surface area contributed by atoms with Crippen LogP contribution in [0.25, 0.3) is 23.2 Å². The van der Waals surface area contributed by atoms with Crippen LogP contribution in [-0.2, 0) is 4.79 Å². The number of aromatic nitrogens is 3. The maximum atomic E-state index is 13.9. The summed E-state index contributed by atoms with van der Waals surface area (Å²) in [5, 5.41) is 7.30. The molecule has 2 heterocycles. The summed E-state index contributed by atoms with van der Waals surface area (Å²) in [4.78, 5) is 35.2. The van der Waals surface area contributed by atoms with Gasteiger partial charge in [-0.25, -0.2) is 18.9 Å². The smallest absolute Gasteiger partial charge is 0.406 e. The molecule has 1 aromatic heterocycles. The zero-order chi connectivity index (χ0) is 32.3. The molecule has 4 aromatic rings. The number of urea groups is 1. The number of aliphatic imine (C=N–C) groups is 1. The number of amides is 3. The summed E-state index contributed by atoms with van der Waals surface area (Å²) in [5.41, 5.74) is 3.59. The lowest BCUT2D eigenvalue weighted by atomic mass is 10.0. The van der Waals surface area contributed by atoms with Gasteiger partial charge in [-0.05, 0) is 72.5 Å². The van der Waals surface area contributed by atoms with Gasteiger partial charge >= 0.3 is 12.4 Å². The van der Waals surface area contributed by atoms with Crippen LogP contribution in [0.1, 0.15) is 37.8 Å². The summed E-state index contributed by atoms with van der Waals surface area (Å²) in [7, 11) is 0. The van der Waals surface area contributed by atoms with Crippen LogP contribution in [0, 0.1) is 5.82 Å². The van der Waals surface area contributed by atoms with E-state index in [-0.39, 0.29) is 28.5 Å². The fourth-order valence-corrected chi connectivity index (χ4v) is 5.35. The third-order valence-corrected chi connectivity index (χ3v) is 7.42. The molecule has 0 atom stereocenters. The van der Waals surface area contributed by atoms with Crippen molar-refractivity contribution in [3.63, 3.8) is 0 Å². The number of hydrogen-bond donors (Lipinski definition) is 1. The molecular weight excluding hydrogens is 612 g/mol. The predicted octanol–water partition coefficient (Wildman–Crippen LogP) is 7.30. The predicted molar refractivity (Wildman–Crippen MR) is 164 cm³/mol. The number of anilines is 1. The molecular formula is C31H26F4N6O3S. The number of hydrogen-bond acceptors (Lipinski definition) is 6. The topological polar surface area (TPSA) is 102 Å². The monoisotopic (exact) mass is 638 g/mol. The van der Waals surface area contributed by atoms with Crippen molar-refractivity contribution >= 4 is 40.6 Å². The Balaban J connectivity index is 1.24. The highest BCUT2D eigenvalue weighted by Crippen LogP contribution is 2.34. The highest BCUT2D eigenvalue weighted by atomic mass is 32.2. The van der Waals surface area contributed by atoms with Gasteiger partial charge in [0.1, 0.15) is 17.9 Å². The molecule has 1 aliphatic heterocycles. The van der Waals surface area contributed by atoms with Crippen LogP contribution in [0.4, 0.5) is 28.0 Å². The molecule has 1 aliphatic rings. The zero-order valence-corrected chi connectivity index (χ0v) is 25.0. The average molecular weight is 639 g/mol. The minimum Gasteiger partial charge on any atom is -0.406 e. The van der Waals surface area contributed by atoms with E-state index in [0.717, 1.165) is 17.3 Å². The van der Waals surface area contributed by atoms with Crippen molar-refractivity contribution in [1.82, 2.24) is 20.1 Å². The third kappa shape index (κ3) is 7.76. The van der Waals surface area contributed by atoms with E-state index >= 15 is 0 Å². The molecule has 0 radical (unpaired) electrons. The van der Waals surface area contributed by atoms with Crippen LogP contribution in [0.5, 0.6) is 5.75 Å². The first kappa shape index (κ1) is 31.4. The van der Waals surface area contributed by atoms with Gasteiger partial charge in [-0.15, -0.1) is 18.3 Å². The Hall–Kier alpha value is -4.98. The number of nitrogens with zero attached hydrogens (tertiary/aromatic N) is 5. The van der Waals surface area contributed by atoms with Gasteiger partial charge in [-0.2, -0.15) is 4.99 Å². The number of allylic oxidation sites excluding steroid dienone is 1. The molecule has 232 valence electrons. The lowest BCUT2D eigenvalue weighted by Gasteiger charge is -2.21. The number of thioether (sulfide) groups is 1. The summed E-state index contributed by atoms with van der Waals surface area (Å²) in [6, 6.07) is 15.9. The van der Waals surface area contributed by atoms with Crippen LogP contribution >= 0.6 is 11.8 Å². The zero-order valence-electron chi connectivity index (χ0n) is 24.2. The van der Waals surface area contributed by atoms with Crippen molar-refractivity contribution in [2.75, 3.05) is 10.7 Å². The van der Waals surface area contributed by atoms with Crippen molar-refractivity contribution in [2.45, 2.75) is 33.1 Å². The Kier molecular flexibility index (Phi) is 9.04. The molecule has 3 amide bonds. The molecule has 0 saturated carbocycles. The average Bonchev–Trinajstić information content (AvgIpc) is 3.60. The quantitative estimate of drug-likeness (QED) is 0.213. The molecule has 1 fully saturated rings. The molecule has 45 heavy (non-hydrogen) atoms. The van der Waals surface area contributed by atoms with Crippen molar-refractivity contribution in [3.05, 3.63) is 95.7 Å². The molecule has 0 spiro atoms. The standard InChI is InChI=1S/C31H26F4N6O3S/c1-18(2)25-15-22(32)8-13-26(25)41-27(42)16-45-30(41)38-29(43)37-19(3)14-20-4-6-21(7-5-20)28-36-17-40(39-28)23-9-11-24(12-10-23)44-31(33,34)35/h4-15,17-18H,16H2,1-3H3,(H,37,43)/b19-14+,38-30-. The van der Waals surface area contributed by atoms with Crippen molar-refractivity contribution in [2.24, 2.45) is 4.99 Å². The number of carbonyl (C=O) groups excluding carboxylic acids is 2. The first-order valence-electron chi connectivity index (χ1n) is 13.6. The number of alkyl halides is 3. The Morgan fingerprint density at radius 3 is 2.47 bits per heavy atom. The molecule has 0 unspecified atom stereocenters. The van der Waals surface area contributed by atoms with Gasteiger partial charge in [0.2, 0.25) is 5.91 Å². The number of rotatable bonds is 7. The second-order valence-electron chi connectivity index (χ2n) is 10.2. The number of amidine groups is 1. The van der Waals surface area contributed by atoms with E-state index in [2.05, 4.69) is 25.1 Å². The molecule has 9 nitrogen and oxygen atoms in total. The van der Waals surface area contributed by atoms with Crippen molar-refractivity contribution in [3.8, 4) is 22.8 Å². The van der Waals surface area contributed by atoms with E-state index in [0.29, 0.717) is 34.0 Å². The Bertz CT molecular complexity index is 1780. The van der Waals surface area contributed by atoms with Crippen LogP contribution in [0.2, 0.25) is 0 Å². The fourth-order valence-electron chi connectivity index (χ4n) is 4.49. The van der Waals surface area contributed by atoms with Gasteiger partial charge in [0.25, 0.3) is 0 Å². The molecule has 5 rings (SSSR count). The summed E-state index contributed by atoms with van der Waals surface area (Å²) in [5.74, 6) is -0.552. The summed E-state index contributed by atoms with van der Waals surface area (Å²) in [6.07, 6.45) is -1.59. The second kappa shape index (κ2) is 12.9. The Morgan fingerprint density at radius 2 is 1.80 bits per heavy atom. The van der Waals surface area contributed by atoms with Gasteiger partial charge in [-0.1, -0.05) is 49.9 Å². The summed E-state index contributed by atoms with van der Waals surface area (Å²) >= 11 is 1.13. The third-order valence-electron chi connectivity index (χ3n) is 6.50. The molecule has 0 aliphatic carbocycles. The highest BCUT2D eigenvalue weighted by molar-refractivity contribution is 8.15. The lowest BCUT2D eigenvalue weighted by Crippen LogP contribution is -2.32. The van der Waals surface area contributed by atoms with Gasteiger partial charge < -0.3 is 10.1 Å². The van der Waals surface area contributed by atoms with Crippen LogP contribution in [-0.4, -0.2) is 44.0 Å². The highest BCUT2D eigenvalue weighted by Gasteiger charge is 2.33. The molecule has 14 heteroatoms. The molecule has 3 aromatic carbocycles. The normalized spacial score (nSPS) is 14.8. The minimum atomic E-state index is -4.77. The van der Waals surface area contributed by atoms with Gasteiger partial charge in [0.05, 0.1) is 17.1 Å². The summed E-state index contributed by atoms with van der Waals surface area (Å²) in [6.45, 7) is 5.48. The van der Waals surface area contributed by atoms with Crippen LogP contribution in [0.15, 0.2) is 83.7 Å². The van der Waals surface area contributed by atoms with E-state index in [1.807, 2.05) is 13.8 Å². The van der Waals surface area contributed by atoms with Crippen molar-refractivity contribution in [1.29, 1.82) is 0 Å². The molecule has 0 bridgehead atoms. The van der Waals surface area contributed by atoms with Gasteiger partial charge in [0.15, 0.2) is 11.0 Å². The largest absolute Gasteiger partial charge is 0.573 e.